The predicted octanol–water partition coefficient (Wildman–Crippen LogP) is 8.51. The third-order valence-corrected chi connectivity index (χ3v) is 5.14. The van der Waals surface area contributed by atoms with E-state index in [-0.39, 0.29) is 11.9 Å². The number of benzene rings is 2. The van der Waals surface area contributed by atoms with Crippen molar-refractivity contribution in [2.24, 2.45) is 0 Å². The number of carbonyl (C=O) groups is 2. The number of carbonyl (C=O) groups excluding carboxylic acids is 2. The van der Waals surface area contributed by atoms with E-state index >= 15 is 0 Å². The van der Waals surface area contributed by atoms with E-state index in [2.05, 4.69) is 0 Å². The molecule has 2 aromatic carbocycles. The molecule has 0 atom stereocenters. The molecule has 0 aliphatic rings. The molecule has 0 saturated heterocycles. The highest BCUT2D eigenvalue weighted by atomic mass is 16.5. The Bertz CT molecular complexity index is 847. The second kappa shape index (κ2) is 22.0. The molecule has 2 aromatic rings. The summed E-state index contributed by atoms with van der Waals surface area (Å²) in [7, 11) is 0. The van der Waals surface area contributed by atoms with Crippen LogP contribution in [0.25, 0.3) is 0 Å². The van der Waals surface area contributed by atoms with Gasteiger partial charge in [0, 0.05) is 0 Å². The molecule has 0 amide bonds. The van der Waals surface area contributed by atoms with Crippen LogP contribution in [0.2, 0.25) is 0 Å². The van der Waals surface area contributed by atoms with Gasteiger partial charge in [-0.15, -0.1) is 0 Å². The maximum Gasteiger partial charge on any atom is 0.341 e. The Balaban J connectivity index is 0.00000326. The van der Waals surface area contributed by atoms with Gasteiger partial charge < -0.3 is 18.9 Å². The second-order valence-electron chi connectivity index (χ2n) is 8.38. The zero-order chi connectivity index (χ0) is 28.8. The summed E-state index contributed by atoms with van der Waals surface area (Å²) in [5.41, 5.74) is 2.94. The average molecular weight is 531 g/mol. The van der Waals surface area contributed by atoms with Gasteiger partial charge in [-0.3, -0.25) is 0 Å². The Morgan fingerprint density at radius 2 is 0.947 bits per heavy atom. The summed E-state index contributed by atoms with van der Waals surface area (Å²) in [6.07, 6.45) is 5.26. The predicted molar refractivity (Wildman–Crippen MR) is 156 cm³/mol. The highest BCUT2D eigenvalue weighted by molar-refractivity contribution is 5.93. The van der Waals surface area contributed by atoms with E-state index in [1.807, 2.05) is 91.8 Å². The first kappa shape index (κ1) is 35.0. The van der Waals surface area contributed by atoms with Gasteiger partial charge in [0.2, 0.25) is 0 Å². The van der Waals surface area contributed by atoms with Crippen LogP contribution in [0.3, 0.4) is 0 Å². The third kappa shape index (κ3) is 13.5. The number of unbranched alkanes of at least 4 members (excludes halogenated alkanes) is 3. The van der Waals surface area contributed by atoms with Crippen LogP contribution in [-0.4, -0.2) is 38.4 Å². The molecule has 0 bridgehead atoms. The van der Waals surface area contributed by atoms with Gasteiger partial charge in [0.25, 0.3) is 0 Å². The smallest absolute Gasteiger partial charge is 0.341 e. The molecule has 0 N–H and O–H groups in total. The van der Waals surface area contributed by atoms with Crippen molar-refractivity contribution in [3.05, 3.63) is 58.7 Å². The van der Waals surface area contributed by atoms with Crippen molar-refractivity contribution >= 4 is 11.9 Å². The molecule has 6 nitrogen and oxygen atoms in total. The second-order valence-corrected chi connectivity index (χ2v) is 8.38. The minimum Gasteiger partial charge on any atom is -0.493 e. The molecule has 0 heterocycles. The molecular formula is C32H50O6. The summed E-state index contributed by atoms with van der Waals surface area (Å²) >= 11 is 0. The standard InChI is InChI=1S/C28H38O6.2C2H6/c1-5-15-33-27(29)23-19-21(3)11-13-25(23)31-17-9-7-8-10-18-32-26-14-12-22(4)20-24(26)28(30)34-16-6-2;2*1-2/h11-14,19-20H,5-10,15-18H2,1-4H3;2*1-2H3. The maximum atomic E-state index is 12.3. The Morgan fingerprint density at radius 1 is 0.579 bits per heavy atom. The fourth-order valence-electron chi connectivity index (χ4n) is 3.33. The molecule has 0 aliphatic carbocycles. The fraction of sp³-hybridized carbons (Fsp3) is 0.562. The normalized spacial score (nSPS) is 9.79. The summed E-state index contributed by atoms with van der Waals surface area (Å²) in [6.45, 7) is 17.7. The van der Waals surface area contributed by atoms with Gasteiger partial charge in [0.1, 0.15) is 22.6 Å². The van der Waals surface area contributed by atoms with Crippen LogP contribution in [0.1, 0.15) is 112 Å². The summed E-state index contributed by atoms with van der Waals surface area (Å²) in [4.78, 5) is 24.6. The van der Waals surface area contributed by atoms with E-state index in [0.29, 0.717) is 49.1 Å². The zero-order valence-corrected chi connectivity index (χ0v) is 25.0. The fourth-order valence-corrected chi connectivity index (χ4v) is 3.33. The number of esters is 2. The minimum atomic E-state index is -0.341. The lowest BCUT2D eigenvalue weighted by Crippen LogP contribution is -2.10. The van der Waals surface area contributed by atoms with Crippen LogP contribution >= 0.6 is 0 Å². The SMILES string of the molecule is CC.CC.CCCOC(=O)c1cc(C)ccc1OCCCCCCOc1ccc(C)cc1C(=O)OCCC. The first-order chi connectivity index (χ1) is 18.5. The largest absolute Gasteiger partial charge is 0.493 e. The summed E-state index contributed by atoms with van der Waals surface area (Å²) < 4.78 is 22.3. The van der Waals surface area contributed by atoms with Crippen LogP contribution in [-0.2, 0) is 9.47 Å². The van der Waals surface area contributed by atoms with Crippen molar-refractivity contribution in [3.8, 4) is 11.5 Å². The molecule has 214 valence electrons. The van der Waals surface area contributed by atoms with E-state index in [1.165, 1.54) is 0 Å². The molecule has 6 heteroatoms. The van der Waals surface area contributed by atoms with Crippen molar-refractivity contribution in [3.63, 3.8) is 0 Å². The van der Waals surface area contributed by atoms with E-state index < -0.39 is 0 Å². The maximum absolute atomic E-state index is 12.3. The van der Waals surface area contributed by atoms with Crippen molar-refractivity contribution in [1.82, 2.24) is 0 Å². The first-order valence-corrected chi connectivity index (χ1v) is 14.3. The van der Waals surface area contributed by atoms with Gasteiger partial charge in [-0.05, 0) is 76.6 Å². The van der Waals surface area contributed by atoms with E-state index in [1.54, 1.807) is 0 Å². The lowest BCUT2D eigenvalue weighted by atomic mass is 10.1. The first-order valence-electron chi connectivity index (χ1n) is 14.3. The van der Waals surface area contributed by atoms with Crippen molar-refractivity contribution in [2.75, 3.05) is 26.4 Å². The monoisotopic (exact) mass is 530 g/mol. The van der Waals surface area contributed by atoms with Crippen LogP contribution in [0.5, 0.6) is 11.5 Å². The molecular weight excluding hydrogens is 480 g/mol. The summed E-state index contributed by atoms with van der Waals surface area (Å²) in [6, 6.07) is 11.1. The summed E-state index contributed by atoms with van der Waals surface area (Å²) in [5.74, 6) is 0.451. The van der Waals surface area contributed by atoms with Gasteiger partial charge in [0.15, 0.2) is 0 Å². The number of aryl methyl sites for hydroxylation is 2. The minimum absolute atomic E-state index is 0.341. The Hall–Kier alpha value is -3.02. The molecule has 0 saturated carbocycles. The van der Waals surface area contributed by atoms with Gasteiger partial charge in [-0.25, -0.2) is 9.59 Å². The molecule has 2 rings (SSSR count). The number of rotatable bonds is 15. The number of hydrogen-bond acceptors (Lipinski definition) is 6. The molecule has 38 heavy (non-hydrogen) atoms. The zero-order valence-electron chi connectivity index (χ0n) is 25.0. The van der Waals surface area contributed by atoms with Gasteiger partial charge in [0.05, 0.1) is 26.4 Å². The van der Waals surface area contributed by atoms with Crippen LogP contribution in [0.15, 0.2) is 36.4 Å². The molecule has 0 aliphatic heterocycles. The Morgan fingerprint density at radius 3 is 1.29 bits per heavy atom. The van der Waals surface area contributed by atoms with Gasteiger partial charge in [-0.1, -0.05) is 64.8 Å². The Labute approximate surface area is 231 Å². The van der Waals surface area contributed by atoms with E-state index in [0.717, 1.165) is 49.7 Å². The Kier molecular flexibility index (Phi) is 20.3. The van der Waals surface area contributed by atoms with Crippen LogP contribution < -0.4 is 9.47 Å². The van der Waals surface area contributed by atoms with Crippen molar-refractivity contribution in [2.45, 2.75) is 93.9 Å². The molecule has 0 spiro atoms. The highest BCUT2D eigenvalue weighted by Gasteiger charge is 2.15. The summed E-state index contributed by atoms with van der Waals surface area (Å²) in [5, 5.41) is 0. The topological polar surface area (TPSA) is 71.1 Å². The number of ether oxygens (including phenoxy) is 4. The molecule has 0 unspecified atom stereocenters. The van der Waals surface area contributed by atoms with Crippen LogP contribution in [0, 0.1) is 13.8 Å². The highest BCUT2D eigenvalue weighted by Crippen LogP contribution is 2.23. The lowest BCUT2D eigenvalue weighted by molar-refractivity contribution is 0.0490. The third-order valence-electron chi connectivity index (χ3n) is 5.14. The molecule has 0 fully saturated rings. The average Bonchev–Trinajstić information content (AvgIpc) is 2.95. The van der Waals surface area contributed by atoms with E-state index in [4.69, 9.17) is 18.9 Å². The lowest BCUT2D eigenvalue weighted by Gasteiger charge is -2.13. The number of hydrogen-bond donors (Lipinski definition) is 0. The van der Waals surface area contributed by atoms with Crippen LogP contribution in [0.4, 0.5) is 0 Å². The van der Waals surface area contributed by atoms with E-state index in [9.17, 15) is 9.59 Å². The van der Waals surface area contributed by atoms with Gasteiger partial charge in [-0.2, -0.15) is 0 Å². The molecule has 0 radical (unpaired) electrons. The van der Waals surface area contributed by atoms with Gasteiger partial charge >= 0.3 is 11.9 Å². The van der Waals surface area contributed by atoms with Crippen molar-refractivity contribution in [1.29, 1.82) is 0 Å². The quantitative estimate of drug-likeness (QED) is 0.170. The van der Waals surface area contributed by atoms with Crippen molar-refractivity contribution < 1.29 is 28.5 Å². The molecule has 0 aromatic heterocycles.